The van der Waals surface area contributed by atoms with E-state index in [0.717, 1.165) is 18.3 Å². The second-order valence-corrected chi connectivity index (χ2v) is 4.90. The van der Waals surface area contributed by atoms with Crippen molar-refractivity contribution in [3.63, 3.8) is 0 Å². The van der Waals surface area contributed by atoms with Crippen LogP contribution < -0.4 is 20.9 Å². The first-order valence-electron chi connectivity index (χ1n) is 6.29. The van der Waals surface area contributed by atoms with Crippen LogP contribution in [0.15, 0.2) is 6.33 Å². The fourth-order valence-electron chi connectivity index (χ4n) is 2.58. The van der Waals surface area contributed by atoms with Crippen LogP contribution >= 0.6 is 0 Å². The highest BCUT2D eigenvalue weighted by atomic mass is 16.5. The number of methoxy groups -OCH3 is 1. The van der Waals surface area contributed by atoms with E-state index in [9.17, 15) is 0 Å². The first-order chi connectivity index (χ1) is 8.67. The molecule has 0 spiro atoms. The molecule has 6 nitrogen and oxygen atoms in total. The van der Waals surface area contributed by atoms with Crippen molar-refractivity contribution in [2.24, 2.45) is 11.8 Å². The molecule has 1 aliphatic rings. The smallest absolute Gasteiger partial charge is 0.205 e. The van der Waals surface area contributed by atoms with Crippen molar-refractivity contribution in [2.45, 2.75) is 32.7 Å². The Labute approximate surface area is 108 Å². The van der Waals surface area contributed by atoms with Crippen molar-refractivity contribution in [3.05, 3.63) is 6.33 Å². The van der Waals surface area contributed by atoms with Gasteiger partial charge in [-0.3, -0.25) is 0 Å². The molecule has 2 rings (SSSR count). The average molecular weight is 251 g/mol. The highest BCUT2D eigenvalue weighted by Crippen LogP contribution is 2.35. The topological polar surface area (TPSA) is 76.3 Å². The van der Waals surface area contributed by atoms with Gasteiger partial charge in [0.05, 0.1) is 7.11 Å². The number of ether oxygens (including phenoxy) is 1. The maximum atomic E-state index is 5.44. The second-order valence-electron chi connectivity index (χ2n) is 4.90. The Bertz CT molecular complexity index is 411. The Morgan fingerprint density at radius 3 is 2.83 bits per heavy atom. The summed E-state index contributed by atoms with van der Waals surface area (Å²) in [6.45, 7) is 5.49. The molecule has 0 bridgehead atoms. The molecule has 3 N–H and O–H groups in total. The molecule has 6 heteroatoms. The summed E-state index contributed by atoms with van der Waals surface area (Å²) in [6.07, 6.45) is 3.85. The number of piperidine rings is 1. The average Bonchev–Trinajstić information content (AvgIpc) is 2.37. The van der Waals surface area contributed by atoms with E-state index in [1.165, 1.54) is 19.2 Å². The zero-order chi connectivity index (χ0) is 13.1. The van der Waals surface area contributed by atoms with Crippen molar-refractivity contribution in [3.8, 4) is 5.75 Å². The van der Waals surface area contributed by atoms with E-state index in [0.29, 0.717) is 17.6 Å². The predicted molar refractivity (Wildman–Crippen MR) is 71.6 cm³/mol. The van der Waals surface area contributed by atoms with E-state index >= 15 is 0 Å². The summed E-state index contributed by atoms with van der Waals surface area (Å²) in [5.74, 6) is 8.16. The molecule has 0 radical (unpaired) electrons. The van der Waals surface area contributed by atoms with Crippen LogP contribution in [-0.2, 0) is 0 Å². The molecule has 0 amide bonds. The minimum atomic E-state index is 0.447. The highest BCUT2D eigenvalue weighted by Gasteiger charge is 2.27. The fourth-order valence-corrected chi connectivity index (χ4v) is 2.58. The number of nitrogens with zero attached hydrogens (tertiary/aromatic N) is 3. The minimum absolute atomic E-state index is 0.447. The van der Waals surface area contributed by atoms with Gasteiger partial charge < -0.3 is 15.1 Å². The lowest BCUT2D eigenvalue weighted by Crippen LogP contribution is -2.41. The lowest BCUT2D eigenvalue weighted by Gasteiger charge is -2.37. The van der Waals surface area contributed by atoms with Crippen molar-refractivity contribution in [1.29, 1.82) is 0 Å². The molecule has 100 valence electrons. The normalized spacial score (nSPS) is 23.9. The molecule has 0 aromatic carbocycles. The maximum absolute atomic E-state index is 5.44. The van der Waals surface area contributed by atoms with Gasteiger partial charge in [-0.1, -0.05) is 6.92 Å². The summed E-state index contributed by atoms with van der Waals surface area (Å²) < 4.78 is 5.39. The molecule has 2 atom stereocenters. The van der Waals surface area contributed by atoms with E-state index in [4.69, 9.17) is 10.6 Å². The number of nitrogen functional groups attached to an aromatic ring is 1. The minimum Gasteiger partial charge on any atom is -0.490 e. The largest absolute Gasteiger partial charge is 0.490 e. The summed E-state index contributed by atoms with van der Waals surface area (Å²) in [5, 5.41) is 0. The number of nitrogens with one attached hydrogen (secondary N) is 1. The third-order valence-electron chi connectivity index (χ3n) is 3.54. The molecule has 0 aliphatic carbocycles. The SMILES string of the molecule is COc1c(NN)ncnc1N1CCC(C)CC1C. The molecule has 0 saturated carbocycles. The Hall–Kier alpha value is -1.56. The van der Waals surface area contributed by atoms with Gasteiger partial charge in [0.25, 0.3) is 0 Å². The van der Waals surface area contributed by atoms with Gasteiger partial charge in [0.1, 0.15) is 6.33 Å². The van der Waals surface area contributed by atoms with Gasteiger partial charge in [-0.2, -0.15) is 0 Å². The molecule has 1 aromatic rings. The Balaban J connectivity index is 2.32. The molecule has 1 fully saturated rings. The van der Waals surface area contributed by atoms with Gasteiger partial charge in [-0.25, -0.2) is 15.8 Å². The third kappa shape index (κ3) is 2.33. The van der Waals surface area contributed by atoms with Crippen LogP contribution in [0.2, 0.25) is 0 Å². The second kappa shape index (κ2) is 5.39. The van der Waals surface area contributed by atoms with Gasteiger partial charge in [-0.05, 0) is 25.7 Å². The van der Waals surface area contributed by atoms with Gasteiger partial charge >= 0.3 is 0 Å². The molecule has 1 aliphatic heterocycles. The first kappa shape index (κ1) is 12.9. The number of rotatable bonds is 3. The summed E-state index contributed by atoms with van der Waals surface area (Å²) in [5.41, 5.74) is 2.55. The monoisotopic (exact) mass is 251 g/mol. The molecule has 2 unspecified atom stereocenters. The number of hydrogen-bond donors (Lipinski definition) is 2. The third-order valence-corrected chi connectivity index (χ3v) is 3.54. The molecule has 2 heterocycles. The standard InChI is InChI=1S/C12H21N5O/c1-8-4-5-17(9(2)6-8)12-10(18-3)11(16-13)14-7-15-12/h7-9H,4-6,13H2,1-3H3,(H,14,15,16). The summed E-state index contributed by atoms with van der Waals surface area (Å²) >= 11 is 0. The maximum Gasteiger partial charge on any atom is 0.205 e. The number of aromatic nitrogens is 2. The van der Waals surface area contributed by atoms with Gasteiger partial charge in [-0.15, -0.1) is 0 Å². The number of hydrogen-bond acceptors (Lipinski definition) is 6. The van der Waals surface area contributed by atoms with Crippen LogP contribution in [0.3, 0.4) is 0 Å². The van der Waals surface area contributed by atoms with Crippen LogP contribution in [0.1, 0.15) is 26.7 Å². The van der Waals surface area contributed by atoms with E-state index < -0.39 is 0 Å². The van der Waals surface area contributed by atoms with Crippen LogP contribution in [0.4, 0.5) is 11.6 Å². The van der Waals surface area contributed by atoms with Crippen molar-refractivity contribution < 1.29 is 4.74 Å². The van der Waals surface area contributed by atoms with Crippen molar-refractivity contribution in [2.75, 3.05) is 24.0 Å². The number of hydrazine groups is 1. The van der Waals surface area contributed by atoms with E-state index in [1.54, 1.807) is 7.11 Å². The molecular weight excluding hydrogens is 230 g/mol. The van der Waals surface area contributed by atoms with Crippen LogP contribution in [-0.4, -0.2) is 29.7 Å². The fraction of sp³-hybridized carbons (Fsp3) is 0.667. The summed E-state index contributed by atoms with van der Waals surface area (Å²) in [4.78, 5) is 10.7. The Kier molecular flexibility index (Phi) is 3.86. The zero-order valence-corrected chi connectivity index (χ0v) is 11.2. The predicted octanol–water partition coefficient (Wildman–Crippen LogP) is 1.40. The van der Waals surface area contributed by atoms with Crippen LogP contribution in [0.5, 0.6) is 5.75 Å². The zero-order valence-electron chi connectivity index (χ0n) is 11.2. The van der Waals surface area contributed by atoms with Crippen molar-refractivity contribution >= 4 is 11.6 Å². The van der Waals surface area contributed by atoms with E-state index in [1.807, 2.05) is 0 Å². The summed E-state index contributed by atoms with van der Waals surface area (Å²) in [6, 6.07) is 0.447. The highest BCUT2D eigenvalue weighted by molar-refractivity contribution is 5.64. The van der Waals surface area contributed by atoms with Crippen LogP contribution in [0.25, 0.3) is 0 Å². The quantitative estimate of drug-likeness (QED) is 0.624. The molecule has 1 aromatic heterocycles. The molecular formula is C12H21N5O. The van der Waals surface area contributed by atoms with Gasteiger partial charge in [0.15, 0.2) is 11.6 Å². The van der Waals surface area contributed by atoms with E-state index in [-0.39, 0.29) is 0 Å². The Morgan fingerprint density at radius 2 is 2.22 bits per heavy atom. The number of nitrogens with two attached hydrogens (primary N) is 1. The first-order valence-corrected chi connectivity index (χ1v) is 6.29. The summed E-state index contributed by atoms with van der Waals surface area (Å²) in [7, 11) is 1.61. The molecule has 1 saturated heterocycles. The van der Waals surface area contributed by atoms with E-state index in [2.05, 4.69) is 34.1 Å². The Morgan fingerprint density at radius 1 is 1.44 bits per heavy atom. The lowest BCUT2D eigenvalue weighted by molar-refractivity contribution is 0.365. The van der Waals surface area contributed by atoms with Gasteiger partial charge in [0, 0.05) is 12.6 Å². The lowest BCUT2D eigenvalue weighted by atomic mass is 9.93. The number of anilines is 2. The molecule has 18 heavy (non-hydrogen) atoms. The van der Waals surface area contributed by atoms with Gasteiger partial charge in [0.2, 0.25) is 5.75 Å². The van der Waals surface area contributed by atoms with Crippen LogP contribution in [0, 0.1) is 5.92 Å². The van der Waals surface area contributed by atoms with Crippen molar-refractivity contribution in [1.82, 2.24) is 9.97 Å².